The Morgan fingerprint density at radius 2 is 1.85 bits per heavy atom. The lowest BCUT2D eigenvalue weighted by Gasteiger charge is -2.14. The second kappa shape index (κ2) is 9.58. The highest BCUT2D eigenvalue weighted by atomic mass is 35.5. The van der Waals surface area contributed by atoms with E-state index in [-0.39, 0.29) is 10.6 Å². The van der Waals surface area contributed by atoms with Crippen molar-refractivity contribution < 1.29 is 19.2 Å². The minimum absolute atomic E-state index is 0.110. The highest BCUT2D eigenvalue weighted by molar-refractivity contribution is 7.21. The van der Waals surface area contributed by atoms with Crippen LogP contribution < -0.4 is 5.32 Å². The molecule has 0 aliphatic carbocycles. The molecule has 4 aromatic rings. The molecule has 0 radical (unpaired) electrons. The monoisotopic (exact) mass is 495 g/mol. The number of aromatic nitrogens is 1. The Morgan fingerprint density at radius 3 is 2.56 bits per heavy atom. The summed E-state index contributed by atoms with van der Waals surface area (Å²) in [6.07, 6.45) is -1.19. The highest BCUT2D eigenvalue weighted by Gasteiger charge is 2.25. The van der Waals surface area contributed by atoms with Gasteiger partial charge in [-0.05, 0) is 67.9 Å². The molecule has 0 spiro atoms. The molecule has 1 aromatic heterocycles. The van der Waals surface area contributed by atoms with Crippen LogP contribution in [0, 0.1) is 17.0 Å². The summed E-state index contributed by atoms with van der Waals surface area (Å²) in [6.45, 7) is 3.41. The maximum atomic E-state index is 12.5. The van der Waals surface area contributed by atoms with Crippen LogP contribution in [0.25, 0.3) is 20.8 Å². The molecule has 4 rings (SSSR count). The molecule has 0 aliphatic heterocycles. The molecule has 1 N–H and O–H groups in total. The molecule has 1 amide bonds. The van der Waals surface area contributed by atoms with Crippen molar-refractivity contribution >= 4 is 56.4 Å². The first-order valence-corrected chi connectivity index (χ1v) is 11.3. The Hall–Kier alpha value is -3.82. The normalized spacial score (nSPS) is 11.7. The molecule has 3 aromatic carbocycles. The van der Waals surface area contributed by atoms with Gasteiger partial charge in [0.05, 0.1) is 15.1 Å². The van der Waals surface area contributed by atoms with Crippen molar-refractivity contribution in [2.45, 2.75) is 20.0 Å². The summed E-state index contributed by atoms with van der Waals surface area (Å²) in [7, 11) is 0. The number of ether oxygens (including phenoxy) is 1. The zero-order valence-corrected chi connectivity index (χ0v) is 19.6. The van der Waals surface area contributed by atoms with Crippen molar-refractivity contribution in [1.29, 1.82) is 0 Å². The maximum absolute atomic E-state index is 12.5. The number of aryl methyl sites for hydroxylation is 1. The average molecular weight is 496 g/mol. The number of carbonyl (C=O) groups is 2. The first-order chi connectivity index (χ1) is 16.2. The fraction of sp³-hybridized carbons (Fsp3) is 0.125. The number of nitrogens with zero attached hydrogens (tertiary/aromatic N) is 2. The molecule has 1 atom stereocenters. The first-order valence-electron chi connectivity index (χ1n) is 10.1. The van der Waals surface area contributed by atoms with E-state index in [2.05, 4.69) is 16.4 Å². The van der Waals surface area contributed by atoms with E-state index in [1.54, 1.807) is 23.5 Å². The summed E-state index contributed by atoms with van der Waals surface area (Å²) >= 11 is 7.35. The molecule has 0 saturated carbocycles. The van der Waals surface area contributed by atoms with Crippen LogP contribution >= 0.6 is 22.9 Å². The number of benzene rings is 3. The van der Waals surface area contributed by atoms with Crippen molar-refractivity contribution in [3.05, 3.63) is 86.9 Å². The Kier molecular flexibility index (Phi) is 6.58. The molecule has 34 heavy (non-hydrogen) atoms. The third-order valence-corrected chi connectivity index (χ3v) is 6.28. The van der Waals surface area contributed by atoms with E-state index in [0.29, 0.717) is 5.69 Å². The summed E-state index contributed by atoms with van der Waals surface area (Å²) in [5, 5.41) is 14.8. The second-order valence-electron chi connectivity index (χ2n) is 7.52. The van der Waals surface area contributed by atoms with Crippen LogP contribution in [0.3, 0.4) is 0 Å². The Labute approximate surface area is 203 Å². The van der Waals surface area contributed by atoms with Gasteiger partial charge in [-0.15, -0.1) is 11.3 Å². The van der Waals surface area contributed by atoms with Crippen molar-refractivity contribution in [3.63, 3.8) is 0 Å². The molecule has 0 fully saturated rings. The molecule has 1 heterocycles. The number of rotatable bonds is 6. The van der Waals surface area contributed by atoms with Crippen LogP contribution in [0.15, 0.2) is 60.7 Å². The summed E-state index contributed by atoms with van der Waals surface area (Å²) in [6, 6.07) is 16.8. The minimum atomic E-state index is -1.19. The van der Waals surface area contributed by atoms with Crippen LogP contribution in [0.1, 0.15) is 22.8 Å². The van der Waals surface area contributed by atoms with E-state index in [9.17, 15) is 19.7 Å². The number of thiazole rings is 1. The van der Waals surface area contributed by atoms with Crippen LogP contribution in [-0.4, -0.2) is 27.9 Å². The summed E-state index contributed by atoms with van der Waals surface area (Å²) in [4.78, 5) is 40.0. The van der Waals surface area contributed by atoms with Gasteiger partial charge in [0, 0.05) is 22.3 Å². The van der Waals surface area contributed by atoms with Gasteiger partial charge in [-0.1, -0.05) is 17.7 Å². The van der Waals surface area contributed by atoms with Crippen LogP contribution in [0.4, 0.5) is 11.4 Å². The average Bonchev–Trinajstić information content (AvgIpc) is 3.22. The van der Waals surface area contributed by atoms with Crippen molar-refractivity contribution in [3.8, 4) is 10.6 Å². The zero-order chi connectivity index (χ0) is 24.4. The number of nitrogens with one attached hydrogen (secondary N) is 1. The topological polar surface area (TPSA) is 111 Å². The largest absolute Gasteiger partial charge is 0.449 e. The summed E-state index contributed by atoms with van der Waals surface area (Å²) in [5.41, 5.74) is 2.73. The van der Waals surface area contributed by atoms with E-state index < -0.39 is 28.6 Å². The SMILES string of the molecule is Cc1ccc2nc(-c3ccc(NC(=O)C(C)OC(=O)c4ccc(Cl)cc4[N+](=O)[O-])cc3)sc2c1. The molecule has 0 bridgehead atoms. The number of anilines is 1. The number of carbonyl (C=O) groups excluding carboxylic acids is 2. The lowest BCUT2D eigenvalue weighted by molar-refractivity contribution is -0.385. The number of nitro groups is 1. The molecule has 0 saturated heterocycles. The number of hydrogen-bond acceptors (Lipinski definition) is 7. The molecular weight excluding hydrogens is 478 g/mol. The van der Waals surface area contributed by atoms with E-state index >= 15 is 0 Å². The van der Waals surface area contributed by atoms with Crippen molar-refractivity contribution in [1.82, 2.24) is 4.98 Å². The number of amides is 1. The fourth-order valence-electron chi connectivity index (χ4n) is 3.20. The Bertz CT molecular complexity index is 1420. The Balaban J connectivity index is 1.42. The van der Waals surface area contributed by atoms with Crippen LogP contribution in [0.5, 0.6) is 0 Å². The van der Waals surface area contributed by atoms with Gasteiger partial charge in [-0.3, -0.25) is 14.9 Å². The number of fused-ring (bicyclic) bond motifs is 1. The fourth-order valence-corrected chi connectivity index (χ4v) is 4.44. The first kappa shape index (κ1) is 23.3. The second-order valence-corrected chi connectivity index (χ2v) is 8.99. The molecule has 8 nitrogen and oxygen atoms in total. The van der Waals surface area contributed by atoms with Crippen molar-refractivity contribution in [2.75, 3.05) is 5.32 Å². The number of nitro benzene ring substituents is 1. The van der Waals surface area contributed by atoms with Crippen LogP contribution in [-0.2, 0) is 9.53 Å². The predicted octanol–water partition coefficient (Wildman–Crippen LogP) is 6.02. The molecule has 172 valence electrons. The molecule has 1 unspecified atom stereocenters. The van der Waals surface area contributed by atoms with Crippen molar-refractivity contribution in [2.24, 2.45) is 0 Å². The van der Waals surface area contributed by atoms with Gasteiger partial charge in [0.1, 0.15) is 10.6 Å². The smallest absolute Gasteiger partial charge is 0.345 e. The van der Waals surface area contributed by atoms with E-state index in [1.165, 1.54) is 24.6 Å². The number of hydrogen-bond donors (Lipinski definition) is 1. The van der Waals surface area contributed by atoms with Gasteiger partial charge in [0.2, 0.25) is 0 Å². The number of halogens is 1. The molecule has 10 heteroatoms. The molecule has 0 aliphatic rings. The van der Waals surface area contributed by atoms with Gasteiger partial charge in [-0.2, -0.15) is 0 Å². The van der Waals surface area contributed by atoms with E-state index in [4.69, 9.17) is 16.3 Å². The van der Waals surface area contributed by atoms with Gasteiger partial charge in [0.15, 0.2) is 6.10 Å². The highest BCUT2D eigenvalue weighted by Crippen LogP contribution is 2.31. The summed E-state index contributed by atoms with van der Waals surface area (Å²) < 4.78 is 6.23. The van der Waals surface area contributed by atoms with Gasteiger partial charge in [0.25, 0.3) is 11.6 Å². The predicted molar refractivity (Wildman–Crippen MR) is 131 cm³/mol. The quantitative estimate of drug-likeness (QED) is 0.199. The zero-order valence-electron chi connectivity index (χ0n) is 18.1. The lowest BCUT2D eigenvalue weighted by Crippen LogP contribution is -2.30. The van der Waals surface area contributed by atoms with E-state index in [0.717, 1.165) is 26.9 Å². The van der Waals surface area contributed by atoms with Gasteiger partial charge < -0.3 is 10.1 Å². The third kappa shape index (κ3) is 5.05. The van der Waals surface area contributed by atoms with Gasteiger partial charge in [-0.25, -0.2) is 9.78 Å². The molecular formula is C24H18ClN3O5S. The van der Waals surface area contributed by atoms with Gasteiger partial charge >= 0.3 is 5.97 Å². The standard InChI is InChI=1S/C24H18ClN3O5S/c1-13-3-10-19-21(11-13)34-23(27-19)15-4-7-17(8-5-15)26-22(29)14(2)33-24(30)18-9-6-16(25)12-20(18)28(31)32/h3-12,14H,1-2H3,(H,26,29). The van der Waals surface area contributed by atoms with Crippen LogP contribution in [0.2, 0.25) is 5.02 Å². The Morgan fingerprint density at radius 1 is 1.12 bits per heavy atom. The summed E-state index contributed by atoms with van der Waals surface area (Å²) in [5.74, 6) is -1.57. The number of esters is 1. The lowest BCUT2D eigenvalue weighted by atomic mass is 10.2. The maximum Gasteiger partial charge on any atom is 0.345 e. The minimum Gasteiger partial charge on any atom is -0.449 e. The third-order valence-electron chi connectivity index (χ3n) is 4.97. The van der Waals surface area contributed by atoms with E-state index in [1.807, 2.05) is 31.2 Å².